The molecule has 3 heteroatoms. The molecule has 1 aliphatic rings. The fourth-order valence-electron chi connectivity index (χ4n) is 2.51. The predicted molar refractivity (Wildman–Crippen MR) is 69.0 cm³/mol. The van der Waals surface area contributed by atoms with Crippen molar-refractivity contribution in [3.8, 4) is 0 Å². The summed E-state index contributed by atoms with van der Waals surface area (Å²) >= 11 is 0. The Morgan fingerprint density at radius 3 is 2.88 bits per heavy atom. The highest BCUT2D eigenvalue weighted by Crippen LogP contribution is 2.05. The number of carbonyl (C=O) groups is 1. The molecule has 0 aliphatic carbocycles. The van der Waals surface area contributed by atoms with Crippen molar-refractivity contribution in [2.45, 2.75) is 19.8 Å². The van der Waals surface area contributed by atoms with Crippen molar-refractivity contribution in [1.29, 1.82) is 0 Å². The number of nitrogens with one attached hydrogen (secondary N) is 2. The molecule has 2 N–H and O–H groups in total. The first-order chi connectivity index (χ1) is 8.24. The molecule has 92 valence electrons. The number of rotatable bonds is 3. The zero-order chi connectivity index (χ0) is 12.1. The number of hydrogen-bond acceptors (Lipinski definition) is 1. The minimum atomic E-state index is 0.125. The number of amides is 1. The van der Waals surface area contributed by atoms with E-state index in [0.717, 1.165) is 24.7 Å². The Morgan fingerprint density at radius 1 is 1.41 bits per heavy atom. The topological polar surface area (TPSA) is 33.5 Å². The molecule has 2 rings (SSSR count). The van der Waals surface area contributed by atoms with E-state index in [2.05, 4.69) is 12.2 Å². The fourth-order valence-corrected chi connectivity index (χ4v) is 2.51. The summed E-state index contributed by atoms with van der Waals surface area (Å²) in [6.45, 7) is 5.13. The Kier molecular flexibility index (Phi) is 4.15. The van der Waals surface area contributed by atoms with Crippen LogP contribution in [0.4, 0.5) is 5.69 Å². The molecular weight excluding hydrogens is 212 g/mol. The molecule has 1 fully saturated rings. The largest absolute Gasteiger partial charge is 0.327 e. The van der Waals surface area contributed by atoms with Crippen molar-refractivity contribution in [2.24, 2.45) is 5.92 Å². The van der Waals surface area contributed by atoms with E-state index in [1.165, 1.54) is 17.7 Å². The summed E-state index contributed by atoms with van der Waals surface area (Å²) in [5, 5.41) is 2.94. The van der Waals surface area contributed by atoms with E-state index in [1.54, 1.807) is 0 Å². The molecule has 0 bridgehead atoms. The second-order valence-corrected chi connectivity index (χ2v) is 5.04. The van der Waals surface area contributed by atoms with Gasteiger partial charge in [0.25, 0.3) is 5.91 Å². The first-order valence-corrected chi connectivity index (χ1v) is 6.42. The number of likely N-dealkylation sites (tertiary alicyclic amines) is 1. The monoisotopic (exact) mass is 233 g/mol. The Morgan fingerprint density at radius 2 is 2.18 bits per heavy atom. The van der Waals surface area contributed by atoms with Crippen LogP contribution in [0.2, 0.25) is 0 Å². The van der Waals surface area contributed by atoms with E-state index in [0.29, 0.717) is 6.54 Å². The van der Waals surface area contributed by atoms with Crippen LogP contribution in [0, 0.1) is 5.92 Å². The van der Waals surface area contributed by atoms with Crippen LogP contribution < -0.4 is 10.2 Å². The molecule has 0 saturated carbocycles. The molecule has 0 radical (unpaired) electrons. The maximum absolute atomic E-state index is 11.9. The van der Waals surface area contributed by atoms with Crippen LogP contribution in [-0.4, -0.2) is 25.5 Å². The van der Waals surface area contributed by atoms with Gasteiger partial charge in [-0.2, -0.15) is 0 Å². The predicted octanol–water partition coefficient (Wildman–Crippen LogP) is 0.940. The zero-order valence-electron chi connectivity index (χ0n) is 10.4. The van der Waals surface area contributed by atoms with Crippen molar-refractivity contribution in [1.82, 2.24) is 0 Å². The summed E-state index contributed by atoms with van der Waals surface area (Å²) in [5.41, 5.74) is 0.891. The van der Waals surface area contributed by atoms with Gasteiger partial charge in [0.15, 0.2) is 6.54 Å². The lowest BCUT2D eigenvalue weighted by atomic mass is 10.0. The summed E-state index contributed by atoms with van der Waals surface area (Å²) in [5.74, 6) is 0.878. The van der Waals surface area contributed by atoms with Crippen molar-refractivity contribution in [2.75, 3.05) is 25.0 Å². The normalized spacial score (nSPS) is 24.3. The van der Waals surface area contributed by atoms with Crippen molar-refractivity contribution in [3.05, 3.63) is 30.3 Å². The van der Waals surface area contributed by atoms with Gasteiger partial charge in [-0.3, -0.25) is 4.79 Å². The number of anilines is 1. The average molecular weight is 233 g/mol. The molecule has 3 nitrogen and oxygen atoms in total. The summed E-state index contributed by atoms with van der Waals surface area (Å²) in [4.78, 5) is 13.3. The first kappa shape index (κ1) is 12.1. The van der Waals surface area contributed by atoms with Crippen LogP contribution in [0.15, 0.2) is 30.3 Å². The minimum Gasteiger partial charge on any atom is -0.327 e. The molecule has 2 atom stereocenters. The van der Waals surface area contributed by atoms with Gasteiger partial charge in [-0.25, -0.2) is 0 Å². The SMILES string of the molecule is C[C@H]1CCC[NH+](CC(=O)Nc2ccccc2)C1. The van der Waals surface area contributed by atoms with E-state index >= 15 is 0 Å². The molecule has 1 aliphatic heterocycles. The molecular formula is C14H21N2O+. The highest BCUT2D eigenvalue weighted by molar-refractivity contribution is 5.91. The van der Waals surface area contributed by atoms with Gasteiger partial charge in [0, 0.05) is 11.6 Å². The van der Waals surface area contributed by atoms with Crippen molar-refractivity contribution >= 4 is 11.6 Å². The van der Waals surface area contributed by atoms with E-state index in [1.807, 2.05) is 30.3 Å². The number of carbonyl (C=O) groups excluding carboxylic acids is 1. The molecule has 0 aromatic heterocycles. The van der Waals surface area contributed by atoms with Gasteiger partial charge in [-0.15, -0.1) is 0 Å². The van der Waals surface area contributed by atoms with Crippen LogP contribution in [0.25, 0.3) is 0 Å². The van der Waals surface area contributed by atoms with Crippen molar-refractivity contribution in [3.63, 3.8) is 0 Å². The smallest absolute Gasteiger partial charge is 0.279 e. The molecule has 1 unspecified atom stereocenters. The van der Waals surface area contributed by atoms with E-state index in [9.17, 15) is 4.79 Å². The third-order valence-corrected chi connectivity index (χ3v) is 3.33. The first-order valence-electron chi connectivity index (χ1n) is 6.42. The number of piperidine rings is 1. The fraction of sp³-hybridized carbons (Fsp3) is 0.500. The molecule has 17 heavy (non-hydrogen) atoms. The van der Waals surface area contributed by atoms with E-state index in [4.69, 9.17) is 0 Å². The van der Waals surface area contributed by atoms with Gasteiger partial charge in [0.05, 0.1) is 13.1 Å². The number of quaternary nitrogens is 1. The van der Waals surface area contributed by atoms with Crippen LogP contribution in [0.5, 0.6) is 0 Å². The molecule has 1 aromatic carbocycles. The van der Waals surface area contributed by atoms with Gasteiger partial charge in [0.1, 0.15) is 0 Å². The maximum Gasteiger partial charge on any atom is 0.279 e. The van der Waals surface area contributed by atoms with Gasteiger partial charge in [-0.1, -0.05) is 25.1 Å². The summed E-state index contributed by atoms with van der Waals surface area (Å²) < 4.78 is 0. The van der Waals surface area contributed by atoms with E-state index in [-0.39, 0.29) is 5.91 Å². The molecule has 1 aromatic rings. The average Bonchev–Trinajstić information content (AvgIpc) is 2.30. The number of benzene rings is 1. The Labute approximate surface area is 103 Å². The second-order valence-electron chi connectivity index (χ2n) is 5.04. The molecule has 1 saturated heterocycles. The van der Waals surface area contributed by atoms with E-state index < -0.39 is 0 Å². The maximum atomic E-state index is 11.9. The van der Waals surface area contributed by atoms with Crippen molar-refractivity contribution < 1.29 is 9.69 Å². The number of hydrogen-bond donors (Lipinski definition) is 2. The van der Waals surface area contributed by atoms with Crippen LogP contribution in [0.3, 0.4) is 0 Å². The summed E-state index contributed by atoms with van der Waals surface area (Å²) in [6.07, 6.45) is 2.55. The highest BCUT2D eigenvalue weighted by Gasteiger charge is 2.21. The van der Waals surface area contributed by atoms with Crippen LogP contribution >= 0.6 is 0 Å². The minimum absolute atomic E-state index is 0.125. The van der Waals surface area contributed by atoms with Gasteiger partial charge >= 0.3 is 0 Å². The van der Waals surface area contributed by atoms with Crippen LogP contribution in [0.1, 0.15) is 19.8 Å². The van der Waals surface area contributed by atoms with Gasteiger partial charge < -0.3 is 10.2 Å². The number of para-hydroxylation sites is 1. The lowest BCUT2D eigenvalue weighted by Crippen LogP contribution is -3.14. The Bertz CT molecular complexity index is 364. The summed E-state index contributed by atoms with van der Waals surface area (Å²) in [6, 6.07) is 9.67. The summed E-state index contributed by atoms with van der Waals surface area (Å²) in [7, 11) is 0. The molecule has 0 spiro atoms. The van der Waals surface area contributed by atoms with Gasteiger partial charge in [-0.05, 0) is 25.0 Å². The quantitative estimate of drug-likeness (QED) is 0.800. The third kappa shape index (κ3) is 3.86. The standard InChI is InChI=1S/C14H20N2O/c1-12-6-5-9-16(10-12)11-14(17)15-13-7-3-2-4-8-13/h2-4,7-8,12H,5-6,9-11H2,1H3,(H,15,17)/p+1/t12-/m0/s1. The zero-order valence-corrected chi connectivity index (χ0v) is 10.4. The lowest BCUT2D eigenvalue weighted by molar-refractivity contribution is -0.900. The molecule has 1 heterocycles. The van der Waals surface area contributed by atoms with Gasteiger partial charge in [0.2, 0.25) is 0 Å². The third-order valence-electron chi connectivity index (χ3n) is 3.33. The molecule has 1 amide bonds. The lowest BCUT2D eigenvalue weighted by Gasteiger charge is -2.27. The Hall–Kier alpha value is -1.35. The Balaban J connectivity index is 1.81. The highest BCUT2D eigenvalue weighted by atomic mass is 16.2. The van der Waals surface area contributed by atoms with Crippen LogP contribution in [-0.2, 0) is 4.79 Å². The second kappa shape index (κ2) is 5.82.